The second-order valence-electron chi connectivity index (χ2n) is 4.51. The Morgan fingerprint density at radius 3 is 2.68 bits per heavy atom. The Hall–Kier alpha value is -2.29. The van der Waals surface area contributed by atoms with Gasteiger partial charge in [0.15, 0.2) is 0 Å². The van der Waals surface area contributed by atoms with Gasteiger partial charge < -0.3 is 9.88 Å². The fourth-order valence-electron chi connectivity index (χ4n) is 2.24. The molecule has 2 nitrogen and oxygen atoms in total. The van der Waals surface area contributed by atoms with Gasteiger partial charge in [0.05, 0.1) is 0 Å². The quantitative estimate of drug-likeness (QED) is 0.747. The minimum Gasteiger partial charge on any atom is -0.383 e. The largest absolute Gasteiger partial charge is 0.383 e. The van der Waals surface area contributed by atoms with E-state index in [1.165, 1.54) is 6.07 Å². The van der Waals surface area contributed by atoms with Crippen LogP contribution in [0.25, 0.3) is 10.9 Å². The molecule has 0 aliphatic heterocycles. The van der Waals surface area contributed by atoms with E-state index in [-0.39, 0.29) is 5.82 Å². The summed E-state index contributed by atoms with van der Waals surface area (Å²) in [4.78, 5) is 0. The molecule has 0 aliphatic rings. The third-order valence-electron chi connectivity index (χ3n) is 3.19. The van der Waals surface area contributed by atoms with E-state index < -0.39 is 0 Å². The Balaban J connectivity index is 1.69. The lowest BCUT2D eigenvalue weighted by Crippen LogP contribution is -2.09. The third kappa shape index (κ3) is 2.60. The van der Waals surface area contributed by atoms with Crippen LogP contribution in [0.15, 0.2) is 60.8 Å². The molecule has 96 valence electrons. The molecule has 3 aromatic rings. The van der Waals surface area contributed by atoms with Gasteiger partial charge in [0.2, 0.25) is 0 Å². The van der Waals surface area contributed by atoms with E-state index in [9.17, 15) is 4.39 Å². The molecule has 1 heterocycles. The predicted molar refractivity (Wildman–Crippen MR) is 76.8 cm³/mol. The molecule has 3 heteroatoms. The number of para-hydroxylation sites is 1. The summed E-state index contributed by atoms with van der Waals surface area (Å²) in [7, 11) is 0. The molecule has 0 saturated carbocycles. The molecule has 0 bridgehead atoms. The van der Waals surface area contributed by atoms with Gasteiger partial charge in [0.25, 0.3) is 0 Å². The number of hydrogen-bond donors (Lipinski definition) is 1. The summed E-state index contributed by atoms with van der Waals surface area (Å²) in [5.74, 6) is -0.187. The van der Waals surface area contributed by atoms with Gasteiger partial charge in [-0.25, -0.2) is 4.39 Å². The Labute approximate surface area is 111 Å². The monoisotopic (exact) mass is 254 g/mol. The summed E-state index contributed by atoms with van der Waals surface area (Å²) in [5.41, 5.74) is 2.18. The van der Waals surface area contributed by atoms with Crippen molar-refractivity contribution in [3.63, 3.8) is 0 Å². The van der Waals surface area contributed by atoms with Gasteiger partial charge in [0, 0.05) is 35.9 Å². The molecule has 19 heavy (non-hydrogen) atoms. The Morgan fingerprint density at radius 2 is 1.84 bits per heavy atom. The van der Waals surface area contributed by atoms with Crippen LogP contribution in [-0.2, 0) is 6.54 Å². The second-order valence-corrected chi connectivity index (χ2v) is 4.51. The van der Waals surface area contributed by atoms with Crippen molar-refractivity contribution in [3.05, 3.63) is 66.6 Å². The second kappa shape index (κ2) is 5.14. The van der Waals surface area contributed by atoms with Crippen LogP contribution in [0.5, 0.6) is 0 Å². The summed E-state index contributed by atoms with van der Waals surface area (Å²) in [5, 5.41) is 4.31. The SMILES string of the molecule is Fc1ccc2c(ccn2CCNc2ccccc2)c1. The van der Waals surface area contributed by atoms with Gasteiger partial charge in [-0.15, -0.1) is 0 Å². The molecule has 0 amide bonds. The lowest BCUT2D eigenvalue weighted by Gasteiger charge is -2.08. The number of hydrogen-bond acceptors (Lipinski definition) is 1. The van der Waals surface area contributed by atoms with Crippen LogP contribution >= 0.6 is 0 Å². The molecule has 1 N–H and O–H groups in total. The minimum atomic E-state index is -0.187. The van der Waals surface area contributed by atoms with E-state index in [0.717, 1.165) is 29.7 Å². The maximum atomic E-state index is 13.1. The molecule has 0 atom stereocenters. The minimum absolute atomic E-state index is 0.187. The molecular weight excluding hydrogens is 239 g/mol. The summed E-state index contributed by atoms with van der Waals surface area (Å²) in [6.45, 7) is 1.69. The topological polar surface area (TPSA) is 17.0 Å². The van der Waals surface area contributed by atoms with Crippen LogP contribution in [0, 0.1) is 5.82 Å². The van der Waals surface area contributed by atoms with Crippen molar-refractivity contribution in [1.82, 2.24) is 4.57 Å². The van der Waals surface area contributed by atoms with Crippen molar-refractivity contribution >= 4 is 16.6 Å². The molecule has 0 fully saturated rings. The van der Waals surface area contributed by atoms with Crippen molar-refractivity contribution in [2.75, 3.05) is 11.9 Å². The normalized spacial score (nSPS) is 10.8. The first-order chi connectivity index (χ1) is 9.33. The first-order valence-corrected chi connectivity index (χ1v) is 6.36. The van der Waals surface area contributed by atoms with Crippen molar-refractivity contribution in [2.45, 2.75) is 6.54 Å². The summed E-state index contributed by atoms with van der Waals surface area (Å²) < 4.78 is 15.2. The predicted octanol–water partition coefficient (Wildman–Crippen LogP) is 3.89. The van der Waals surface area contributed by atoms with Gasteiger partial charge in [0.1, 0.15) is 5.82 Å². The highest BCUT2D eigenvalue weighted by Crippen LogP contribution is 2.17. The number of nitrogens with one attached hydrogen (secondary N) is 1. The van der Waals surface area contributed by atoms with E-state index in [4.69, 9.17) is 0 Å². The van der Waals surface area contributed by atoms with Crippen LogP contribution < -0.4 is 5.32 Å². The number of rotatable bonds is 4. The summed E-state index contributed by atoms with van der Waals surface area (Å²) >= 11 is 0. The average molecular weight is 254 g/mol. The fraction of sp³-hybridized carbons (Fsp3) is 0.125. The number of aromatic nitrogens is 1. The van der Waals surface area contributed by atoms with E-state index in [1.807, 2.05) is 48.7 Å². The van der Waals surface area contributed by atoms with Crippen molar-refractivity contribution < 1.29 is 4.39 Å². The molecule has 0 radical (unpaired) electrons. The zero-order chi connectivity index (χ0) is 13.1. The zero-order valence-electron chi connectivity index (χ0n) is 10.5. The molecule has 0 unspecified atom stereocenters. The Kier molecular flexibility index (Phi) is 3.19. The van der Waals surface area contributed by atoms with Gasteiger partial charge in [-0.2, -0.15) is 0 Å². The van der Waals surface area contributed by atoms with Gasteiger partial charge >= 0.3 is 0 Å². The maximum Gasteiger partial charge on any atom is 0.123 e. The lowest BCUT2D eigenvalue weighted by atomic mass is 10.2. The van der Waals surface area contributed by atoms with Crippen molar-refractivity contribution in [2.24, 2.45) is 0 Å². The summed E-state index contributed by atoms with van der Waals surface area (Å²) in [6.07, 6.45) is 2.00. The van der Waals surface area contributed by atoms with E-state index in [0.29, 0.717) is 0 Å². The van der Waals surface area contributed by atoms with Crippen LogP contribution in [0.3, 0.4) is 0 Å². The Bertz CT molecular complexity index is 674. The number of benzene rings is 2. The number of anilines is 1. The van der Waals surface area contributed by atoms with E-state index in [1.54, 1.807) is 6.07 Å². The van der Waals surface area contributed by atoms with E-state index >= 15 is 0 Å². The van der Waals surface area contributed by atoms with Gasteiger partial charge in [-0.3, -0.25) is 0 Å². The number of halogens is 1. The first kappa shape index (κ1) is 11.8. The standard InChI is InChI=1S/C16H15FN2/c17-14-6-7-16-13(12-14)8-10-19(16)11-9-18-15-4-2-1-3-5-15/h1-8,10,12,18H,9,11H2. The molecular formula is C16H15FN2. The van der Waals surface area contributed by atoms with Crippen molar-refractivity contribution in [3.8, 4) is 0 Å². The first-order valence-electron chi connectivity index (χ1n) is 6.36. The Morgan fingerprint density at radius 1 is 1.00 bits per heavy atom. The molecule has 1 aromatic heterocycles. The van der Waals surface area contributed by atoms with Gasteiger partial charge in [-0.1, -0.05) is 18.2 Å². The highest BCUT2D eigenvalue weighted by Gasteiger charge is 2.01. The van der Waals surface area contributed by atoms with Gasteiger partial charge in [-0.05, 0) is 36.4 Å². The average Bonchev–Trinajstić information content (AvgIpc) is 2.82. The maximum absolute atomic E-state index is 13.1. The molecule has 2 aromatic carbocycles. The third-order valence-corrected chi connectivity index (χ3v) is 3.19. The highest BCUT2D eigenvalue weighted by atomic mass is 19.1. The highest BCUT2D eigenvalue weighted by molar-refractivity contribution is 5.80. The number of nitrogens with zero attached hydrogens (tertiary/aromatic N) is 1. The molecule has 0 aliphatic carbocycles. The molecule has 3 rings (SSSR count). The van der Waals surface area contributed by atoms with Crippen molar-refractivity contribution in [1.29, 1.82) is 0 Å². The van der Waals surface area contributed by atoms with Crippen LogP contribution in [-0.4, -0.2) is 11.1 Å². The van der Waals surface area contributed by atoms with Crippen LogP contribution in [0.1, 0.15) is 0 Å². The smallest absolute Gasteiger partial charge is 0.123 e. The lowest BCUT2D eigenvalue weighted by molar-refractivity contribution is 0.629. The van der Waals surface area contributed by atoms with Crippen LogP contribution in [0.4, 0.5) is 10.1 Å². The van der Waals surface area contributed by atoms with E-state index in [2.05, 4.69) is 9.88 Å². The number of fused-ring (bicyclic) bond motifs is 1. The zero-order valence-corrected chi connectivity index (χ0v) is 10.5. The summed E-state index contributed by atoms with van der Waals surface area (Å²) in [6, 6.07) is 17.0. The molecule has 0 saturated heterocycles. The van der Waals surface area contributed by atoms with Crippen LogP contribution in [0.2, 0.25) is 0 Å². The fourth-order valence-corrected chi connectivity index (χ4v) is 2.24. The molecule has 0 spiro atoms.